The number of ether oxygens (including phenoxy) is 4. The number of nitrogens with zero attached hydrogens (tertiary/aromatic N) is 5. The molecular weight excluding hydrogens is 678 g/mol. The van der Waals surface area contributed by atoms with E-state index in [0.29, 0.717) is 74.5 Å². The van der Waals surface area contributed by atoms with Gasteiger partial charge in [-0.2, -0.15) is 4.98 Å². The van der Waals surface area contributed by atoms with Crippen molar-refractivity contribution in [2.45, 2.75) is 116 Å². The third-order valence-corrected chi connectivity index (χ3v) is 10.0. The molecule has 53 heavy (non-hydrogen) atoms. The topological polar surface area (TPSA) is 148 Å². The van der Waals surface area contributed by atoms with Gasteiger partial charge in [0.25, 0.3) is 5.91 Å². The van der Waals surface area contributed by atoms with Crippen LogP contribution in [0.5, 0.6) is 5.75 Å². The van der Waals surface area contributed by atoms with Gasteiger partial charge in [0.1, 0.15) is 23.1 Å². The van der Waals surface area contributed by atoms with Gasteiger partial charge in [0.2, 0.25) is 11.9 Å². The number of unbranched alkanes of at least 4 members (excludes halogenated alkanes) is 2. The molecule has 3 heterocycles. The van der Waals surface area contributed by atoms with E-state index in [1.807, 2.05) is 27.7 Å². The number of anilines is 4. The summed E-state index contributed by atoms with van der Waals surface area (Å²) in [7, 11) is 3.34. The molecule has 2 aliphatic heterocycles. The van der Waals surface area contributed by atoms with Crippen molar-refractivity contribution in [3.8, 4) is 5.75 Å². The van der Waals surface area contributed by atoms with Gasteiger partial charge in [0.15, 0.2) is 5.82 Å². The SMILES string of the molecule is CC[C@@H]1C(=O)N(C)c2cnc(Nc3ccc(C(=O)NCCOCCCCCOC4CCN(C(=O)OC(C)(C)C)CC4)cc3OC)nc2N1C1CCCC1. The van der Waals surface area contributed by atoms with Crippen molar-refractivity contribution in [1.29, 1.82) is 0 Å². The third kappa shape index (κ3) is 10.7. The fourth-order valence-corrected chi connectivity index (χ4v) is 7.20. The van der Waals surface area contributed by atoms with E-state index >= 15 is 0 Å². The fourth-order valence-electron chi connectivity index (χ4n) is 7.20. The first-order chi connectivity index (χ1) is 25.5. The summed E-state index contributed by atoms with van der Waals surface area (Å²) in [5, 5.41) is 6.18. The zero-order chi connectivity index (χ0) is 38.0. The largest absolute Gasteiger partial charge is 0.495 e. The summed E-state index contributed by atoms with van der Waals surface area (Å²) in [6, 6.07) is 5.22. The summed E-state index contributed by atoms with van der Waals surface area (Å²) in [4.78, 5) is 53.5. The predicted molar refractivity (Wildman–Crippen MR) is 204 cm³/mol. The molecule has 5 rings (SSSR count). The molecule has 292 valence electrons. The second-order valence-electron chi connectivity index (χ2n) is 15.1. The van der Waals surface area contributed by atoms with Crippen LogP contribution in [0.3, 0.4) is 0 Å². The molecule has 0 spiro atoms. The summed E-state index contributed by atoms with van der Waals surface area (Å²) in [6.45, 7) is 11.1. The highest BCUT2D eigenvalue weighted by atomic mass is 16.6. The predicted octanol–water partition coefficient (Wildman–Crippen LogP) is 6.07. The number of benzene rings is 1. The van der Waals surface area contributed by atoms with Crippen LogP contribution in [0.25, 0.3) is 0 Å². The minimum Gasteiger partial charge on any atom is -0.495 e. The molecule has 2 aromatic rings. The van der Waals surface area contributed by atoms with Gasteiger partial charge >= 0.3 is 6.09 Å². The van der Waals surface area contributed by atoms with E-state index in [2.05, 4.69) is 20.5 Å². The molecule has 14 heteroatoms. The monoisotopic (exact) mass is 737 g/mol. The van der Waals surface area contributed by atoms with Crippen molar-refractivity contribution in [3.63, 3.8) is 0 Å². The van der Waals surface area contributed by atoms with Crippen LogP contribution in [0.15, 0.2) is 24.4 Å². The third-order valence-electron chi connectivity index (χ3n) is 10.0. The quantitative estimate of drug-likeness (QED) is 0.194. The number of piperidine rings is 1. The Hall–Kier alpha value is -4.17. The average molecular weight is 738 g/mol. The van der Waals surface area contributed by atoms with Crippen LogP contribution in [-0.4, -0.2) is 110 Å². The summed E-state index contributed by atoms with van der Waals surface area (Å²) < 4.78 is 22.9. The molecule has 1 atom stereocenters. The van der Waals surface area contributed by atoms with Crippen LogP contribution in [0, 0.1) is 0 Å². The highest BCUT2D eigenvalue weighted by Crippen LogP contribution is 2.40. The molecule has 0 radical (unpaired) electrons. The van der Waals surface area contributed by atoms with Gasteiger partial charge in [-0.1, -0.05) is 19.8 Å². The van der Waals surface area contributed by atoms with E-state index in [1.54, 1.807) is 48.4 Å². The maximum Gasteiger partial charge on any atom is 0.410 e. The van der Waals surface area contributed by atoms with Crippen molar-refractivity contribution >= 4 is 41.0 Å². The summed E-state index contributed by atoms with van der Waals surface area (Å²) in [6.07, 6.45) is 11.2. The first-order valence-electron chi connectivity index (χ1n) is 19.3. The summed E-state index contributed by atoms with van der Waals surface area (Å²) in [5.74, 6) is 1.49. The number of carbonyl (C=O) groups is 3. The molecule has 1 aliphatic carbocycles. The van der Waals surface area contributed by atoms with Gasteiger partial charge in [-0.05, 0) is 90.3 Å². The average Bonchev–Trinajstić information content (AvgIpc) is 3.68. The number of amides is 3. The lowest BCUT2D eigenvalue weighted by atomic mass is 10.0. The van der Waals surface area contributed by atoms with Crippen LogP contribution in [-0.2, 0) is 19.0 Å². The number of fused-ring (bicyclic) bond motifs is 1. The number of likely N-dealkylation sites (tertiary alicyclic amines) is 1. The van der Waals surface area contributed by atoms with Crippen molar-refractivity contribution in [2.75, 3.05) is 68.7 Å². The van der Waals surface area contributed by atoms with Crippen LogP contribution in [0.4, 0.5) is 27.9 Å². The van der Waals surface area contributed by atoms with Gasteiger partial charge in [0.05, 0.1) is 31.7 Å². The molecule has 0 unspecified atom stereocenters. The fraction of sp³-hybridized carbons (Fsp3) is 0.667. The number of nitrogens with one attached hydrogen (secondary N) is 2. The smallest absolute Gasteiger partial charge is 0.410 e. The van der Waals surface area contributed by atoms with E-state index in [-0.39, 0.29) is 36.1 Å². The van der Waals surface area contributed by atoms with Crippen molar-refractivity contribution < 1.29 is 33.3 Å². The molecule has 2 fully saturated rings. The molecule has 0 bridgehead atoms. The van der Waals surface area contributed by atoms with E-state index in [4.69, 9.17) is 23.9 Å². The lowest BCUT2D eigenvalue weighted by Crippen LogP contribution is -2.55. The molecule has 3 aliphatic rings. The molecule has 14 nitrogen and oxygen atoms in total. The molecule has 3 amide bonds. The van der Waals surface area contributed by atoms with Gasteiger partial charge in [-0.3, -0.25) is 9.59 Å². The highest BCUT2D eigenvalue weighted by Gasteiger charge is 2.41. The Balaban J connectivity index is 1.00. The Morgan fingerprint density at radius 3 is 2.43 bits per heavy atom. The summed E-state index contributed by atoms with van der Waals surface area (Å²) in [5.41, 5.74) is 1.31. The van der Waals surface area contributed by atoms with Crippen LogP contribution < -0.4 is 25.2 Å². The van der Waals surface area contributed by atoms with Crippen molar-refractivity contribution in [3.05, 3.63) is 30.0 Å². The Labute approximate surface area is 314 Å². The Bertz CT molecular complexity index is 1540. The highest BCUT2D eigenvalue weighted by molar-refractivity contribution is 6.04. The minimum atomic E-state index is -0.482. The number of aromatic nitrogens is 2. The molecule has 1 saturated heterocycles. The number of rotatable bonds is 16. The van der Waals surface area contributed by atoms with Crippen LogP contribution in [0.2, 0.25) is 0 Å². The summed E-state index contributed by atoms with van der Waals surface area (Å²) >= 11 is 0. The Morgan fingerprint density at radius 2 is 1.74 bits per heavy atom. The van der Waals surface area contributed by atoms with Gasteiger partial charge in [-0.15, -0.1) is 0 Å². The maximum atomic E-state index is 13.2. The van der Waals surface area contributed by atoms with E-state index in [1.165, 1.54) is 0 Å². The van der Waals surface area contributed by atoms with E-state index in [9.17, 15) is 14.4 Å². The van der Waals surface area contributed by atoms with E-state index in [0.717, 1.165) is 63.6 Å². The number of hydrogen-bond donors (Lipinski definition) is 2. The first-order valence-corrected chi connectivity index (χ1v) is 19.3. The normalized spacial score (nSPS) is 18.3. The van der Waals surface area contributed by atoms with Crippen LogP contribution >= 0.6 is 0 Å². The first kappa shape index (κ1) is 40.0. The zero-order valence-electron chi connectivity index (χ0n) is 32.4. The van der Waals surface area contributed by atoms with Crippen LogP contribution in [0.1, 0.15) is 102 Å². The maximum absolute atomic E-state index is 13.2. The lowest BCUT2D eigenvalue weighted by molar-refractivity contribution is -0.120. The van der Waals surface area contributed by atoms with Gasteiger partial charge < -0.3 is 44.3 Å². The molecule has 1 aromatic carbocycles. The number of carbonyl (C=O) groups excluding carboxylic acids is 3. The molecule has 1 aromatic heterocycles. The zero-order valence-corrected chi connectivity index (χ0v) is 32.4. The van der Waals surface area contributed by atoms with Crippen molar-refractivity contribution in [2.24, 2.45) is 0 Å². The van der Waals surface area contributed by atoms with E-state index < -0.39 is 5.60 Å². The minimum absolute atomic E-state index is 0.0720. The molecular formula is C39H59N7O7. The number of hydrogen-bond acceptors (Lipinski definition) is 11. The molecule has 2 N–H and O–H groups in total. The number of likely N-dealkylation sites (N-methyl/N-ethyl adjacent to an activating group) is 1. The second-order valence-corrected chi connectivity index (χ2v) is 15.1. The standard InChI is InChI=1S/C39H59N7O7/c1-7-31-36(48)44(5)32-26-41-37(43-34(32)46(31)28-13-9-10-14-28)42-30-16-15-27(25-33(30)50-6)35(47)40-19-24-51-22-11-8-12-23-52-29-17-20-45(21-18-29)38(49)53-39(2,3)4/h15-16,25-26,28-29,31H,7-14,17-24H2,1-6H3,(H,40,47)(H,41,42,43)/t31-/m1/s1. The molecule has 1 saturated carbocycles. The Morgan fingerprint density at radius 1 is 1.00 bits per heavy atom. The Kier molecular flexibility index (Phi) is 14.1. The second kappa shape index (κ2) is 18.7. The van der Waals surface area contributed by atoms with Crippen molar-refractivity contribution in [1.82, 2.24) is 20.2 Å². The number of methoxy groups -OCH3 is 1. The van der Waals surface area contributed by atoms with Gasteiger partial charge in [0, 0.05) is 51.5 Å². The lowest BCUT2D eigenvalue weighted by Gasteiger charge is -2.43. The van der Waals surface area contributed by atoms with Gasteiger partial charge in [-0.25, -0.2) is 9.78 Å².